The molecule has 1 atom stereocenters. The number of hydrogen-bond donors (Lipinski definition) is 1. The molecule has 30 heavy (non-hydrogen) atoms. The summed E-state index contributed by atoms with van der Waals surface area (Å²) in [6, 6.07) is 10.1. The van der Waals surface area contributed by atoms with Gasteiger partial charge < -0.3 is 15.0 Å². The molecule has 1 unspecified atom stereocenters. The van der Waals surface area contributed by atoms with Gasteiger partial charge in [0.2, 0.25) is 0 Å². The van der Waals surface area contributed by atoms with Crippen molar-refractivity contribution in [3.63, 3.8) is 0 Å². The maximum atomic E-state index is 13.2. The number of halogens is 3. The number of piperidine rings is 1. The van der Waals surface area contributed by atoms with E-state index in [-0.39, 0.29) is 11.8 Å². The smallest absolute Gasteiger partial charge is 0.416 e. The summed E-state index contributed by atoms with van der Waals surface area (Å²) in [5.41, 5.74) is 0.369. The fourth-order valence-corrected chi connectivity index (χ4v) is 3.42. The number of carbonyl (C=O) groups is 1. The Hall–Kier alpha value is -2.70. The van der Waals surface area contributed by atoms with E-state index < -0.39 is 17.6 Å². The van der Waals surface area contributed by atoms with Gasteiger partial charge >= 0.3 is 6.18 Å². The Morgan fingerprint density at radius 2 is 1.77 bits per heavy atom. The molecule has 3 rings (SSSR count). The maximum absolute atomic E-state index is 13.2. The number of alkyl halides is 3. The average molecular weight is 420 g/mol. The predicted molar refractivity (Wildman–Crippen MR) is 112 cm³/mol. The number of rotatable bonds is 6. The van der Waals surface area contributed by atoms with Crippen LogP contribution in [0.15, 0.2) is 42.5 Å². The third-order valence-corrected chi connectivity index (χ3v) is 5.30. The van der Waals surface area contributed by atoms with Crippen LogP contribution in [0, 0.1) is 0 Å². The molecule has 7 heteroatoms. The largest absolute Gasteiger partial charge is 0.491 e. The van der Waals surface area contributed by atoms with Crippen LogP contribution in [0.2, 0.25) is 0 Å². The SMILES string of the molecule is CCC(C)Oc1ccc(C(=O)Nc2cc(C(F)(F)F)ccc2N2CCCCC2)cc1. The molecule has 0 spiro atoms. The third-order valence-electron chi connectivity index (χ3n) is 5.30. The molecule has 0 bridgehead atoms. The molecule has 1 saturated heterocycles. The van der Waals surface area contributed by atoms with Gasteiger partial charge in [-0.15, -0.1) is 0 Å². The zero-order valence-electron chi connectivity index (χ0n) is 17.3. The first-order chi connectivity index (χ1) is 14.3. The highest BCUT2D eigenvalue weighted by Gasteiger charge is 2.32. The molecule has 0 radical (unpaired) electrons. The van der Waals surface area contributed by atoms with Gasteiger partial charge in [0.05, 0.1) is 23.0 Å². The molecule has 1 aliphatic heterocycles. The summed E-state index contributed by atoms with van der Waals surface area (Å²) in [5, 5.41) is 2.69. The number of carbonyl (C=O) groups excluding carboxylic acids is 1. The summed E-state index contributed by atoms with van der Waals surface area (Å²) in [6.07, 6.45) is -0.504. The van der Waals surface area contributed by atoms with Gasteiger partial charge in [-0.05, 0) is 75.1 Å². The molecule has 1 amide bonds. The predicted octanol–water partition coefficient (Wildman–Crippen LogP) is 6.13. The van der Waals surface area contributed by atoms with Crippen molar-refractivity contribution in [2.24, 2.45) is 0 Å². The average Bonchev–Trinajstić information content (AvgIpc) is 2.74. The Labute approximate surface area is 175 Å². The third kappa shape index (κ3) is 5.46. The van der Waals surface area contributed by atoms with Gasteiger partial charge in [0.1, 0.15) is 5.75 Å². The molecule has 1 heterocycles. The second-order valence-electron chi connectivity index (χ2n) is 7.59. The van der Waals surface area contributed by atoms with E-state index in [9.17, 15) is 18.0 Å². The van der Waals surface area contributed by atoms with Gasteiger partial charge in [-0.2, -0.15) is 13.2 Å². The minimum Gasteiger partial charge on any atom is -0.491 e. The zero-order chi connectivity index (χ0) is 21.7. The lowest BCUT2D eigenvalue weighted by Gasteiger charge is -2.31. The van der Waals surface area contributed by atoms with Gasteiger partial charge in [0, 0.05) is 18.7 Å². The van der Waals surface area contributed by atoms with E-state index in [2.05, 4.69) is 5.32 Å². The molecule has 1 N–H and O–H groups in total. The van der Waals surface area contributed by atoms with Crippen LogP contribution in [-0.2, 0) is 6.18 Å². The van der Waals surface area contributed by atoms with Crippen LogP contribution < -0.4 is 15.0 Å². The van der Waals surface area contributed by atoms with E-state index in [1.807, 2.05) is 18.7 Å². The maximum Gasteiger partial charge on any atom is 0.416 e. The highest BCUT2D eigenvalue weighted by Crippen LogP contribution is 2.36. The number of ether oxygens (including phenoxy) is 1. The molecule has 0 aromatic heterocycles. The standard InChI is InChI=1S/C23H27F3N2O2/c1-3-16(2)30-19-10-7-17(8-11-19)22(29)27-20-15-18(23(24,25)26)9-12-21(20)28-13-5-4-6-14-28/h7-12,15-16H,3-6,13-14H2,1-2H3,(H,27,29). The molecule has 4 nitrogen and oxygen atoms in total. The van der Waals surface area contributed by atoms with Crippen LogP contribution >= 0.6 is 0 Å². The topological polar surface area (TPSA) is 41.6 Å². The lowest BCUT2D eigenvalue weighted by Crippen LogP contribution is -2.30. The lowest BCUT2D eigenvalue weighted by molar-refractivity contribution is -0.137. The minimum absolute atomic E-state index is 0.0573. The normalized spacial score (nSPS) is 15.6. The highest BCUT2D eigenvalue weighted by atomic mass is 19.4. The van der Waals surface area contributed by atoms with Gasteiger partial charge in [-0.1, -0.05) is 6.92 Å². The number of nitrogens with one attached hydrogen (secondary N) is 1. The van der Waals surface area contributed by atoms with E-state index in [1.165, 1.54) is 6.07 Å². The fraction of sp³-hybridized carbons (Fsp3) is 0.435. The Bertz CT molecular complexity index is 860. The van der Waals surface area contributed by atoms with Crippen LogP contribution in [0.3, 0.4) is 0 Å². The number of anilines is 2. The summed E-state index contributed by atoms with van der Waals surface area (Å²) in [5.74, 6) is 0.191. The summed E-state index contributed by atoms with van der Waals surface area (Å²) < 4.78 is 45.4. The van der Waals surface area contributed by atoms with Crippen molar-refractivity contribution in [3.8, 4) is 5.75 Å². The second-order valence-corrected chi connectivity index (χ2v) is 7.59. The van der Waals surface area contributed by atoms with Crippen LogP contribution in [0.1, 0.15) is 55.5 Å². The Kier molecular flexibility index (Phi) is 6.90. The Morgan fingerprint density at radius 3 is 2.37 bits per heavy atom. The van der Waals surface area contributed by atoms with Gasteiger partial charge in [0.15, 0.2) is 0 Å². The van der Waals surface area contributed by atoms with Gasteiger partial charge in [-0.3, -0.25) is 4.79 Å². The van der Waals surface area contributed by atoms with Crippen LogP contribution in [-0.4, -0.2) is 25.1 Å². The van der Waals surface area contributed by atoms with Crippen molar-refractivity contribution in [1.82, 2.24) is 0 Å². The van der Waals surface area contributed by atoms with E-state index in [0.717, 1.165) is 50.9 Å². The van der Waals surface area contributed by atoms with Crippen LogP contribution in [0.25, 0.3) is 0 Å². The first-order valence-corrected chi connectivity index (χ1v) is 10.3. The van der Waals surface area contributed by atoms with Crippen molar-refractivity contribution in [2.75, 3.05) is 23.3 Å². The van der Waals surface area contributed by atoms with Crippen LogP contribution in [0.4, 0.5) is 24.5 Å². The van der Waals surface area contributed by atoms with Crippen molar-refractivity contribution in [3.05, 3.63) is 53.6 Å². The monoisotopic (exact) mass is 420 g/mol. The van der Waals surface area contributed by atoms with Crippen molar-refractivity contribution in [2.45, 2.75) is 51.8 Å². The second kappa shape index (κ2) is 9.41. The van der Waals surface area contributed by atoms with Crippen LogP contribution in [0.5, 0.6) is 5.75 Å². The number of nitrogens with zero attached hydrogens (tertiary/aromatic N) is 1. The summed E-state index contributed by atoms with van der Waals surface area (Å²) >= 11 is 0. The lowest BCUT2D eigenvalue weighted by atomic mass is 10.1. The van der Waals surface area contributed by atoms with E-state index in [0.29, 0.717) is 17.0 Å². The molecule has 0 saturated carbocycles. The Balaban J connectivity index is 1.83. The fourth-order valence-electron chi connectivity index (χ4n) is 3.42. The molecule has 2 aromatic rings. The number of hydrogen-bond acceptors (Lipinski definition) is 3. The van der Waals surface area contributed by atoms with Crippen molar-refractivity contribution >= 4 is 17.3 Å². The van der Waals surface area contributed by atoms with Crippen molar-refractivity contribution < 1.29 is 22.7 Å². The molecular weight excluding hydrogens is 393 g/mol. The number of benzene rings is 2. The zero-order valence-corrected chi connectivity index (χ0v) is 17.3. The summed E-state index contributed by atoms with van der Waals surface area (Å²) in [7, 11) is 0. The molecule has 0 aliphatic carbocycles. The molecule has 1 aliphatic rings. The highest BCUT2D eigenvalue weighted by molar-refractivity contribution is 6.06. The quantitative estimate of drug-likeness (QED) is 0.612. The van der Waals surface area contributed by atoms with E-state index in [4.69, 9.17) is 4.74 Å². The van der Waals surface area contributed by atoms with Gasteiger partial charge in [0.25, 0.3) is 5.91 Å². The molecular formula is C23H27F3N2O2. The number of amides is 1. The first-order valence-electron chi connectivity index (χ1n) is 10.3. The summed E-state index contributed by atoms with van der Waals surface area (Å²) in [4.78, 5) is 14.8. The molecule has 162 valence electrons. The van der Waals surface area contributed by atoms with E-state index >= 15 is 0 Å². The minimum atomic E-state index is -4.48. The summed E-state index contributed by atoms with van der Waals surface area (Å²) in [6.45, 7) is 5.49. The molecule has 2 aromatic carbocycles. The Morgan fingerprint density at radius 1 is 1.10 bits per heavy atom. The molecule has 1 fully saturated rings. The van der Waals surface area contributed by atoms with Gasteiger partial charge in [-0.25, -0.2) is 0 Å². The van der Waals surface area contributed by atoms with E-state index in [1.54, 1.807) is 24.3 Å². The van der Waals surface area contributed by atoms with Crippen molar-refractivity contribution in [1.29, 1.82) is 0 Å². The first kappa shape index (κ1) is 22.0.